The number of fused-ring (bicyclic) bond motifs is 1. The molecule has 108 valence electrons. The third-order valence-electron chi connectivity index (χ3n) is 4.98. The molecule has 3 rings (SSSR count). The molecule has 0 aromatic rings. The van der Waals surface area contributed by atoms with Crippen molar-refractivity contribution in [2.75, 3.05) is 18.8 Å². The Labute approximate surface area is 113 Å². The first-order valence-corrected chi connectivity index (χ1v) is 8.89. The predicted molar refractivity (Wildman–Crippen MR) is 70.2 cm³/mol. The summed E-state index contributed by atoms with van der Waals surface area (Å²) < 4.78 is 24.0. The maximum Gasteiger partial charge on any atom is 0.240 e. The van der Waals surface area contributed by atoms with E-state index in [0.717, 1.165) is 19.3 Å². The predicted octanol–water partition coefficient (Wildman–Crippen LogP) is 0.183. The number of nitrogens with zero attached hydrogens (tertiary/aromatic N) is 1. The lowest BCUT2D eigenvalue weighted by atomic mass is 10.00. The van der Waals surface area contributed by atoms with E-state index in [4.69, 9.17) is 0 Å². The van der Waals surface area contributed by atoms with Crippen LogP contribution in [0.15, 0.2) is 0 Å². The first kappa shape index (κ1) is 13.4. The van der Waals surface area contributed by atoms with E-state index < -0.39 is 15.1 Å². The second-order valence-electron chi connectivity index (χ2n) is 6.16. The minimum Gasteiger partial charge on any atom is -0.393 e. The monoisotopic (exact) mass is 287 g/mol. The van der Waals surface area contributed by atoms with Crippen molar-refractivity contribution in [3.05, 3.63) is 0 Å². The summed E-state index contributed by atoms with van der Waals surface area (Å²) in [5.41, 5.74) is 0. The van der Waals surface area contributed by atoms with Crippen molar-refractivity contribution in [2.24, 2.45) is 11.8 Å². The summed E-state index contributed by atoms with van der Waals surface area (Å²) >= 11 is 0. The molecule has 1 amide bonds. The van der Waals surface area contributed by atoms with Gasteiger partial charge >= 0.3 is 0 Å². The summed E-state index contributed by atoms with van der Waals surface area (Å²) in [4.78, 5) is 14.1. The first-order chi connectivity index (χ1) is 8.99. The Hall–Kier alpha value is -0.620. The van der Waals surface area contributed by atoms with Crippen LogP contribution in [0.1, 0.15) is 32.1 Å². The number of carbonyl (C=O) groups is 1. The van der Waals surface area contributed by atoms with Gasteiger partial charge < -0.3 is 10.0 Å². The van der Waals surface area contributed by atoms with Crippen molar-refractivity contribution in [3.63, 3.8) is 0 Å². The number of rotatable bonds is 1. The minimum atomic E-state index is -3.25. The minimum absolute atomic E-state index is 0.146. The lowest BCUT2D eigenvalue weighted by molar-refractivity contribution is -0.130. The molecule has 1 saturated carbocycles. The zero-order valence-electron chi connectivity index (χ0n) is 11.0. The molecule has 6 heteroatoms. The van der Waals surface area contributed by atoms with E-state index in [1.165, 1.54) is 0 Å². The van der Waals surface area contributed by atoms with E-state index in [1.54, 1.807) is 4.90 Å². The van der Waals surface area contributed by atoms with E-state index in [9.17, 15) is 18.3 Å². The lowest BCUT2D eigenvalue weighted by Gasteiger charge is -2.27. The fourth-order valence-corrected chi connectivity index (χ4v) is 5.73. The Bertz CT molecular complexity index is 475. The van der Waals surface area contributed by atoms with Gasteiger partial charge in [0, 0.05) is 19.0 Å². The number of aliphatic hydroxyl groups excluding tert-OH is 1. The quantitative estimate of drug-likeness (QED) is 0.747. The smallest absolute Gasteiger partial charge is 0.240 e. The summed E-state index contributed by atoms with van der Waals surface area (Å²) in [6, 6.07) is 0. The second-order valence-corrected chi connectivity index (χ2v) is 8.47. The Morgan fingerprint density at radius 2 is 1.89 bits per heavy atom. The van der Waals surface area contributed by atoms with Crippen LogP contribution in [0, 0.1) is 11.8 Å². The van der Waals surface area contributed by atoms with Crippen molar-refractivity contribution in [1.82, 2.24) is 4.90 Å². The summed E-state index contributed by atoms with van der Waals surface area (Å²) in [5.74, 6) is 0.453. The van der Waals surface area contributed by atoms with Crippen LogP contribution in [0.5, 0.6) is 0 Å². The third-order valence-corrected chi connectivity index (χ3v) is 7.15. The molecule has 19 heavy (non-hydrogen) atoms. The molecule has 1 N–H and O–H groups in total. The number of amides is 1. The van der Waals surface area contributed by atoms with Gasteiger partial charge in [-0.15, -0.1) is 0 Å². The van der Waals surface area contributed by atoms with Gasteiger partial charge in [0.1, 0.15) is 5.25 Å². The molecule has 0 radical (unpaired) electrons. The number of sulfone groups is 1. The molecular weight excluding hydrogens is 266 g/mol. The van der Waals surface area contributed by atoms with Crippen molar-refractivity contribution in [3.8, 4) is 0 Å². The maximum absolute atomic E-state index is 12.4. The molecule has 3 aliphatic rings. The highest BCUT2D eigenvalue weighted by molar-refractivity contribution is 7.92. The van der Waals surface area contributed by atoms with Gasteiger partial charge in [0.15, 0.2) is 9.84 Å². The third kappa shape index (κ3) is 2.29. The van der Waals surface area contributed by atoms with Gasteiger partial charge in [-0.05, 0) is 31.6 Å². The number of aliphatic hydroxyl groups is 1. The summed E-state index contributed by atoms with van der Waals surface area (Å²) in [7, 11) is -3.25. The van der Waals surface area contributed by atoms with E-state index in [2.05, 4.69) is 0 Å². The standard InChI is InChI=1S/C13H21NO4S/c15-11-5-4-9-7-14(8-10(9)11)13(16)12-3-1-2-6-19(12,17)18/h9-12,15H,1-8H2. The highest BCUT2D eigenvalue weighted by Gasteiger charge is 2.46. The molecule has 3 fully saturated rings. The molecule has 2 heterocycles. The van der Waals surface area contributed by atoms with Gasteiger partial charge in [-0.2, -0.15) is 0 Å². The lowest BCUT2D eigenvalue weighted by Crippen LogP contribution is -2.45. The largest absolute Gasteiger partial charge is 0.393 e. The van der Waals surface area contributed by atoms with Crippen LogP contribution in [-0.4, -0.2) is 54.5 Å². The van der Waals surface area contributed by atoms with Crippen molar-refractivity contribution in [2.45, 2.75) is 43.5 Å². The molecule has 0 aromatic heterocycles. The molecule has 2 saturated heterocycles. The summed E-state index contributed by atoms with van der Waals surface area (Å²) in [6.45, 7) is 1.17. The fourth-order valence-electron chi connectivity index (χ4n) is 3.85. The van der Waals surface area contributed by atoms with Crippen molar-refractivity contribution < 1.29 is 18.3 Å². The van der Waals surface area contributed by atoms with E-state index in [-0.39, 0.29) is 23.7 Å². The zero-order valence-corrected chi connectivity index (χ0v) is 11.8. The molecule has 0 spiro atoms. The average Bonchev–Trinajstić information content (AvgIpc) is 2.91. The van der Waals surface area contributed by atoms with Crippen LogP contribution in [0.2, 0.25) is 0 Å². The molecule has 1 aliphatic carbocycles. The Morgan fingerprint density at radius 3 is 2.58 bits per heavy atom. The topological polar surface area (TPSA) is 74.7 Å². The van der Waals surface area contributed by atoms with Crippen LogP contribution < -0.4 is 0 Å². The molecule has 4 atom stereocenters. The summed E-state index contributed by atoms with van der Waals surface area (Å²) in [5, 5.41) is 9.03. The SMILES string of the molecule is O=C(C1CCCCS1(=O)=O)N1CC2CCC(O)C2C1. The van der Waals surface area contributed by atoms with Crippen LogP contribution in [0.25, 0.3) is 0 Å². The normalized spacial score (nSPS) is 41.2. The highest BCUT2D eigenvalue weighted by atomic mass is 32.2. The molecule has 0 aromatic carbocycles. The van der Waals surface area contributed by atoms with Gasteiger partial charge in [-0.25, -0.2) is 8.42 Å². The first-order valence-electron chi connectivity index (χ1n) is 7.17. The Balaban J connectivity index is 1.72. The van der Waals surface area contributed by atoms with Crippen LogP contribution in [0.4, 0.5) is 0 Å². The van der Waals surface area contributed by atoms with Crippen LogP contribution in [-0.2, 0) is 14.6 Å². The van der Waals surface area contributed by atoms with Crippen LogP contribution >= 0.6 is 0 Å². The van der Waals surface area contributed by atoms with Crippen molar-refractivity contribution in [1.29, 1.82) is 0 Å². The zero-order chi connectivity index (χ0) is 13.6. The molecule has 0 bridgehead atoms. The maximum atomic E-state index is 12.4. The van der Waals surface area contributed by atoms with Gasteiger partial charge in [0.25, 0.3) is 0 Å². The number of hydrogen-bond donors (Lipinski definition) is 1. The fraction of sp³-hybridized carbons (Fsp3) is 0.923. The molecule has 4 unspecified atom stereocenters. The number of carbonyl (C=O) groups excluding carboxylic acids is 1. The second kappa shape index (κ2) is 4.74. The molecule has 5 nitrogen and oxygen atoms in total. The highest BCUT2D eigenvalue weighted by Crippen LogP contribution is 2.38. The van der Waals surface area contributed by atoms with E-state index in [0.29, 0.717) is 31.8 Å². The Kier molecular flexibility index (Phi) is 3.33. The summed E-state index contributed by atoms with van der Waals surface area (Å²) in [6.07, 6.45) is 3.42. The van der Waals surface area contributed by atoms with E-state index in [1.807, 2.05) is 0 Å². The van der Waals surface area contributed by atoms with E-state index >= 15 is 0 Å². The average molecular weight is 287 g/mol. The van der Waals surface area contributed by atoms with Gasteiger partial charge in [-0.1, -0.05) is 6.42 Å². The number of likely N-dealkylation sites (tertiary alicyclic amines) is 1. The van der Waals surface area contributed by atoms with Gasteiger partial charge in [-0.3, -0.25) is 4.79 Å². The Morgan fingerprint density at radius 1 is 1.11 bits per heavy atom. The molecule has 2 aliphatic heterocycles. The van der Waals surface area contributed by atoms with Crippen molar-refractivity contribution >= 4 is 15.7 Å². The van der Waals surface area contributed by atoms with Gasteiger partial charge in [0.2, 0.25) is 5.91 Å². The number of hydrogen-bond acceptors (Lipinski definition) is 4. The van der Waals surface area contributed by atoms with Crippen LogP contribution in [0.3, 0.4) is 0 Å². The van der Waals surface area contributed by atoms with Gasteiger partial charge in [0.05, 0.1) is 11.9 Å². The molecular formula is C13H21NO4S.